The molecule has 25 heavy (non-hydrogen) atoms. The maximum Gasteiger partial charge on any atom is 0.340 e. The van der Waals surface area contributed by atoms with Gasteiger partial charge in [-0.1, -0.05) is 0 Å². The Hall–Kier alpha value is -3.03. The lowest BCUT2D eigenvalue weighted by Gasteiger charge is -2.21. The maximum atomic E-state index is 12.5. The number of fused-ring (bicyclic) bond motifs is 1. The first kappa shape index (κ1) is 16.8. The number of benzene rings is 1. The van der Waals surface area contributed by atoms with E-state index in [-0.39, 0.29) is 17.6 Å². The number of aryl methyl sites for hydroxylation is 1. The minimum Gasteiger partial charge on any atom is -0.504 e. The Morgan fingerprint density at radius 3 is 2.72 bits per heavy atom. The number of carbonyl (C=O) groups is 2. The van der Waals surface area contributed by atoms with E-state index in [1.807, 2.05) is 0 Å². The third kappa shape index (κ3) is 2.79. The summed E-state index contributed by atoms with van der Waals surface area (Å²) in [4.78, 5) is 37.2. The summed E-state index contributed by atoms with van der Waals surface area (Å²) in [5.41, 5.74) is -0.395. The standard InChI is InChI=1S/C17H17NO7/c1-8-9-4-5-12(19)14(21)15(9)25-17(24)10(8)7-13(20)18-6-2-3-11(18)16(22)23/h4-5,11,19,21H,2-3,6-7H2,1H3,(H,22,23)/t11-/m1/s1. The van der Waals surface area contributed by atoms with E-state index in [0.29, 0.717) is 30.3 Å². The highest BCUT2D eigenvalue weighted by molar-refractivity contribution is 5.90. The van der Waals surface area contributed by atoms with Crippen molar-refractivity contribution in [2.75, 3.05) is 6.54 Å². The van der Waals surface area contributed by atoms with Gasteiger partial charge in [-0.05, 0) is 37.5 Å². The average Bonchev–Trinajstić information content (AvgIpc) is 3.05. The van der Waals surface area contributed by atoms with Crippen molar-refractivity contribution >= 4 is 22.8 Å². The molecule has 2 aromatic rings. The van der Waals surface area contributed by atoms with Crippen LogP contribution in [0.2, 0.25) is 0 Å². The molecule has 1 aromatic heterocycles. The highest BCUT2D eigenvalue weighted by Gasteiger charge is 2.34. The Labute approximate surface area is 141 Å². The molecule has 1 aliphatic rings. The van der Waals surface area contributed by atoms with Crippen molar-refractivity contribution in [1.29, 1.82) is 0 Å². The molecule has 0 unspecified atom stereocenters. The lowest BCUT2D eigenvalue weighted by atomic mass is 10.0. The summed E-state index contributed by atoms with van der Waals surface area (Å²) in [6.07, 6.45) is 0.705. The highest BCUT2D eigenvalue weighted by Crippen LogP contribution is 2.34. The quantitative estimate of drug-likeness (QED) is 0.561. The van der Waals surface area contributed by atoms with Crippen LogP contribution in [-0.4, -0.2) is 44.7 Å². The summed E-state index contributed by atoms with van der Waals surface area (Å²) in [6.45, 7) is 1.94. The highest BCUT2D eigenvalue weighted by atomic mass is 16.4. The molecular formula is C17H17NO7. The van der Waals surface area contributed by atoms with E-state index in [9.17, 15) is 29.7 Å². The van der Waals surface area contributed by atoms with Gasteiger partial charge >= 0.3 is 11.6 Å². The number of hydrogen-bond donors (Lipinski definition) is 3. The molecule has 8 heteroatoms. The van der Waals surface area contributed by atoms with Crippen LogP contribution >= 0.6 is 0 Å². The zero-order valence-corrected chi connectivity index (χ0v) is 13.5. The predicted octanol–water partition coefficient (Wildman–Crippen LogP) is 1.13. The normalized spacial score (nSPS) is 17.2. The van der Waals surface area contributed by atoms with Crippen LogP contribution in [0.15, 0.2) is 21.3 Å². The maximum absolute atomic E-state index is 12.5. The number of phenolic OH excluding ortho intramolecular Hbond substituents is 2. The van der Waals surface area contributed by atoms with Gasteiger partial charge in [0.2, 0.25) is 11.7 Å². The Morgan fingerprint density at radius 1 is 1.32 bits per heavy atom. The second-order valence-corrected chi connectivity index (χ2v) is 6.06. The molecule has 1 aromatic carbocycles. The van der Waals surface area contributed by atoms with Gasteiger partial charge in [0.05, 0.1) is 12.0 Å². The van der Waals surface area contributed by atoms with E-state index in [0.717, 1.165) is 0 Å². The summed E-state index contributed by atoms with van der Waals surface area (Å²) >= 11 is 0. The van der Waals surface area contributed by atoms with Crippen molar-refractivity contribution in [1.82, 2.24) is 4.90 Å². The van der Waals surface area contributed by atoms with Crippen LogP contribution in [0.3, 0.4) is 0 Å². The number of rotatable bonds is 3. The molecule has 1 aliphatic heterocycles. The average molecular weight is 347 g/mol. The van der Waals surface area contributed by atoms with Crippen molar-refractivity contribution in [2.24, 2.45) is 0 Å². The second-order valence-electron chi connectivity index (χ2n) is 6.06. The lowest BCUT2D eigenvalue weighted by Crippen LogP contribution is -2.41. The van der Waals surface area contributed by atoms with Crippen molar-refractivity contribution in [3.8, 4) is 11.5 Å². The zero-order valence-electron chi connectivity index (χ0n) is 13.5. The molecule has 0 bridgehead atoms. The molecule has 0 spiro atoms. The molecule has 1 atom stereocenters. The Balaban J connectivity index is 1.99. The van der Waals surface area contributed by atoms with Gasteiger partial charge in [-0.15, -0.1) is 0 Å². The van der Waals surface area contributed by atoms with Gasteiger partial charge in [0.25, 0.3) is 0 Å². The SMILES string of the molecule is Cc1c(CC(=O)N2CCC[C@@H]2C(=O)O)c(=O)oc2c(O)c(O)ccc12. The van der Waals surface area contributed by atoms with Crippen LogP contribution in [0, 0.1) is 6.92 Å². The van der Waals surface area contributed by atoms with Gasteiger partial charge in [0.1, 0.15) is 6.04 Å². The third-order valence-electron chi connectivity index (χ3n) is 4.59. The van der Waals surface area contributed by atoms with Crippen LogP contribution < -0.4 is 5.63 Å². The van der Waals surface area contributed by atoms with E-state index >= 15 is 0 Å². The van der Waals surface area contributed by atoms with Gasteiger partial charge in [0.15, 0.2) is 11.3 Å². The van der Waals surface area contributed by atoms with E-state index in [1.165, 1.54) is 17.0 Å². The topological polar surface area (TPSA) is 128 Å². The predicted molar refractivity (Wildman–Crippen MR) is 86.6 cm³/mol. The molecule has 3 N–H and O–H groups in total. The summed E-state index contributed by atoms with van der Waals surface area (Å²) in [7, 11) is 0. The van der Waals surface area contributed by atoms with Gasteiger partial charge in [0, 0.05) is 11.9 Å². The fourth-order valence-corrected chi connectivity index (χ4v) is 3.21. The van der Waals surface area contributed by atoms with Crippen molar-refractivity contribution in [3.05, 3.63) is 33.7 Å². The molecule has 1 saturated heterocycles. The van der Waals surface area contributed by atoms with Gasteiger partial charge < -0.3 is 24.6 Å². The first-order valence-corrected chi connectivity index (χ1v) is 7.80. The lowest BCUT2D eigenvalue weighted by molar-refractivity contribution is -0.148. The number of carboxylic acids is 1. The van der Waals surface area contributed by atoms with Crippen LogP contribution in [0.4, 0.5) is 0 Å². The smallest absolute Gasteiger partial charge is 0.340 e. The van der Waals surface area contributed by atoms with Gasteiger partial charge in [-0.2, -0.15) is 0 Å². The number of nitrogens with zero attached hydrogens (tertiary/aromatic N) is 1. The van der Waals surface area contributed by atoms with E-state index in [4.69, 9.17) is 4.42 Å². The Morgan fingerprint density at radius 2 is 2.04 bits per heavy atom. The minimum atomic E-state index is -1.06. The number of phenols is 2. The van der Waals surface area contributed by atoms with Crippen molar-refractivity contribution in [3.63, 3.8) is 0 Å². The second kappa shape index (κ2) is 6.12. The van der Waals surface area contributed by atoms with Crippen molar-refractivity contribution in [2.45, 2.75) is 32.2 Å². The summed E-state index contributed by atoms with van der Waals surface area (Å²) in [5.74, 6) is -2.47. The fraction of sp³-hybridized carbons (Fsp3) is 0.353. The molecule has 3 rings (SSSR count). The van der Waals surface area contributed by atoms with Crippen molar-refractivity contribution < 1.29 is 29.3 Å². The van der Waals surface area contributed by atoms with Gasteiger partial charge in [-0.25, -0.2) is 9.59 Å². The molecule has 1 fully saturated rings. The minimum absolute atomic E-state index is 0.110. The number of aliphatic carboxylic acids is 1. The zero-order chi connectivity index (χ0) is 18.3. The van der Waals surface area contributed by atoms with Crippen LogP contribution in [0.5, 0.6) is 11.5 Å². The molecule has 8 nitrogen and oxygen atoms in total. The monoisotopic (exact) mass is 347 g/mol. The number of carboxylic acid groups (broad SMARTS) is 1. The summed E-state index contributed by atoms with van der Waals surface area (Å²) in [5, 5.41) is 28.9. The summed E-state index contributed by atoms with van der Waals surface area (Å²) < 4.78 is 5.07. The Kier molecular flexibility index (Phi) is 4.12. The number of hydrogen-bond acceptors (Lipinski definition) is 6. The molecule has 0 radical (unpaired) electrons. The largest absolute Gasteiger partial charge is 0.504 e. The molecule has 0 aliphatic carbocycles. The van der Waals surface area contributed by atoms with Crippen LogP contribution in [0.25, 0.3) is 11.0 Å². The molecule has 0 saturated carbocycles. The first-order valence-electron chi connectivity index (χ1n) is 7.80. The van der Waals surface area contributed by atoms with E-state index in [1.54, 1.807) is 6.92 Å². The number of aromatic hydroxyl groups is 2. The van der Waals surface area contributed by atoms with Gasteiger partial charge in [-0.3, -0.25) is 4.79 Å². The molecular weight excluding hydrogens is 330 g/mol. The third-order valence-corrected chi connectivity index (χ3v) is 4.59. The van der Waals surface area contributed by atoms with Crippen LogP contribution in [0.1, 0.15) is 24.0 Å². The van der Waals surface area contributed by atoms with E-state index < -0.39 is 35.0 Å². The number of amides is 1. The number of carbonyl (C=O) groups excluding carboxylic acids is 1. The number of likely N-dealkylation sites (tertiary alicyclic amines) is 1. The molecule has 1 amide bonds. The summed E-state index contributed by atoms with van der Waals surface area (Å²) in [6, 6.07) is 1.87. The van der Waals surface area contributed by atoms with Crippen LogP contribution in [-0.2, 0) is 16.0 Å². The Bertz CT molecular complexity index is 931. The van der Waals surface area contributed by atoms with E-state index in [2.05, 4.69) is 0 Å². The first-order chi connectivity index (χ1) is 11.8. The molecule has 132 valence electrons. The fourth-order valence-electron chi connectivity index (χ4n) is 3.21. The molecule has 2 heterocycles.